The molecule has 1 unspecified atom stereocenters. The van der Waals surface area contributed by atoms with Crippen molar-refractivity contribution in [3.05, 3.63) is 40.1 Å². The topological polar surface area (TPSA) is 95.7 Å². The number of aromatic nitrogens is 3. The predicted octanol–water partition coefficient (Wildman–Crippen LogP) is 1.91. The normalized spacial score (nSPS) is 20.2. The molecule has 0 spiro atoms. The standard InChI is InChI=1S/C21H30N4O5S/c1-15-6-9-18(30-3)19(13-15)31(27,28)23-10-4-5-16(14-23)20-22-24(11-12-29-2)21(26)25(20)17-7-8-17/h6,9,13,16-17H,4-5,7-8,10-12,14H2,1-3H3. The fraction of sp³-hybridized carbons (Fsp3) is 0.619. The maximum atomic E-state index is 13.5. The summed E-state index contributed by atoms with van der Waals surface area (Å²) in [5, 5.41) is 4.61. The number of methoxy groups -OCH3 is 2. The van der Waals surface area contributed by atoms with Crippen LogP contribution in [0.4, 0.5) is 0 Å². The highest BCUT2D eigenvalue weighted by atomic mass is 32.2. The minimum atomic E-state index is -3.74. The number of sulfonamides is 1. The Balaban J connectivity index is 1.65. The van der Waals surface area contributed by atoms with Crippen molar-refractivity contribution in [3.63, 3.8) is 0 Å². The molecule has 1 aromatic carbocycles. The number of aryl methyl sites for hydroxylation is 1. The Morgan fingerprint density at radius 1 is 1.19 bits per heavy atom. The van der Waals surface area contributed by atoms with Gasteiger partial charge in [-0.3, -0.25) is 4.57 Å². The average Bonchev–Trinajstić information content (AvgIpc) is 3.55. The lowest BCUT2D eigenvalue weighted by molar-refractivity contribution is 0.182. The predicted molar refractivity (Wildman–Crippen MR) is 115 cm³/mol. The van der Waals surface area contributed by atoms with E-state index < -0.39 is 10.0 Å². The van der Waals surface area contributed by atoms with E-state index in [1.54, 1.807) is 23.8 Å². The lowest BCUT2D eigenvalue weighted by atomic mass is 9.99. The van der Waals surface area contributed by atoms with E-state index in [0.29, 0.717) is 44.2 Å². The number of hydrogen-bond acceptors (Lipinski definition) is 6. The van der Waals surface area contributed by atoms with Crippen molar-refractivity contribution in [2.75, 3.05) is 33.9 Å². The number of ether oxygens (including phenoxy) is 2. The van der Waals surface area contributed by atoms with Gasteiger partial charge in [-0.1, -0.05) is 6.07 Å². The Bertz CT molecular complexity index is 1100. The molecule has 4 rings (SSSR count). The van der Waals surface area contributed by atoms with Crippen LogP contribution in [0.5, 0.6) is 5.75 Å². The summed E-state index contributed by atoms with van der Waals surface area (Å²) in [6, 6.07) is 5.34. The van der Waals surface area contributed by atoms with Crippen LogP contribution in [0.3, 0.4) is 0 Å². The Morgan fingerprint density at radius 2 is 1.97 bits per heavy atom. The summed E-state index contributed by atoms with van der Waals surface area (Å²) < 4.78 is 42.1. The van der Waals surface area contributed by atoms with Crippen LogP contribution in [0.1, 0.15) is 49.0 Å². The van der Waals surface area contributed by atoms with Crippen LogP contribution in [0.15, 0.2) is 27.9 Å². The van der Waals surface area contributed by atoms with Crippen LogP contribution in [0.2, 0.25) is 0 Å². The maximum Gasteiger partial charge on any atom is 0.346 e. The van der Waals surface area contributed by atoms with Gasteiger partial charge in [-0.05, 0) is 50.3 Å². The van der Waals surface area contributed by atoms with E-state index in [-0.39, 0.29) is 22.5 Å². The molecule has 10 heteroatoms. The van der Waals surface area contributed by atoms with Crippen molar-refractivity contribution in [2.45, 2.75) is 56.0 Å². The SMILES string of the molecule is COCCn1nc(C2CCCN(S(=O)(=O)c3cc(C)ccc3OC)C2)n(C2CC2)c1=O. The number of nitrogens with zero attached hydrogens (tertiary/aromatic N) is 4. The molecule has 170 valence electrons. The summed E-state index contributed by atoms with van der Waals surface area (Å²) >= 11 is 0. The third kappa shape index (κ3) is 4.28. The molecule has 1 aliphatic heterocycles. The summed E-state index contributed by atoms with van der Waals surface area (Å²) in [4.78, 5) is 13.1. The van der Waals surface area contributed by atoms with Gasteiger partial charge in [-0.25, -0.2) is 17.9 Å². The lowest BCUT2D eigenvalue weighted by Gasteiger charge is -2.32. The van der Waals surface area contributed by atoms with Gasteiger partial charge in [0.15, 0.2) is 0 Å². The molecule has 2 aliphatic rings. The van der Waals surface area contributed by atoms with E-state index >= 15 is 0 Å². The number of benzene rings is 1. The van der Waals surface area contributed by atoms with Gasteiger partial charge in [-0.2, -0.15) is 9.40 Å². The molecule has 9 nitrogen and oxygen atoms in total. The summed E-state index contributed by atoms with van der Waals surface area (Å²) in [7, 11) is -0.670. The summed E-state index contributed by atoms with van der Waals surface area (Å²) in [6.45, 7) is 3.38. The maximum absolute atomic E-state index is 13.5. The third-order valence-electron chi connectivity index (χ3n) is 6.00. The zero-order valence-electron chi connectivity index (χ0n) is 18.3. The Hall–Kier alpha value is -2.17. The lowest BCUT2D eigenvalue weighted by Crippen LogP contribution is -2.40. The number of piperidine rings is 1. The van der Waals surface area contributed by atoms with Crippen molar-refractivity contribution in [1.29, 1.82) is 0 Å². The van der Waals surface area contributed by atoms with E-state index in [4.69, 9.17) is 9.47 Å². The molecular weight excluding hydrogens is 420 g/mol. The first-order chi connectivity index (χ1) is 14.9. The van der Waals surface area contributed by atoms with Crippen LogP contribution in [0.25, 0.3) is 0 Å². The molecule has 0 radical (unpaired) electrons. The first-order valence-electron chi connectivity index (χ1n) is 10.7. The Kier molecular flexibility index (Phi) is 6.23. The number of hydrogen-bond donors (Lipinski definition) is 0. The van der Waals surface area contributed by atoms with E-state index in [1.165, 1.54) is 16.1 Å². The minimum Gasteiger partial charge on any atom is -0.495 e. The van der Waals surface area contributed by atoms with Crippen LogP contribution in [-0.2, 0) is 21.3 Å². The van der Waals surface area contributed by atoms with Gasteiger partial charge in [0.25, 0.3) is 0 Å². The number of rotatable bonds is 8. The van der Waals surface area contributed by atoms with Crippen LogP contribution in [-0.4, -0.2) is 61.0 Å². The molecule has 0 N–H and O–H groups in total. The van der Waals surface area contributed by atoms with Gasteiger partial charge in [0, 0.05) is 32.2 Å². The van der Waals surface area contributed by atoms with Gasteiger partial charge in [-0.15, -0.1) is 0 Å². The quantitative estimate of drug-likeness (QED) is 0.610. The van der Waals surface area contributed by atoms with Crippen molar-refractivity contribution in [3.8, 4) is 5.75 Å². The molecule has 1 aromatic heterocycles. The monoisotopic (exact) mass is 450 g/mol. The molecule has 1 saturated carbocycles. The fourth-order valence-electron chi connectivity index (χ4n) is 4.21. The molecule has 1 atom stereocenters. The fourth-order valence-corrected chi connectivity index (χ4v) is 5.98. The molecule has 2 fully saturated rings. The van der Waals surface area contributed by atoms with E-state index in [1.807, 2.05) is 13.0 Å². The second kappa shape index (κ2) is 8.76. The van der Waals surface area contributed by atoms with Gasteiger partial charge in [0.2, 0.25) is 10.0 Å². The highest BCUT2D eigenvalue weighted by molar-refractivity contribution is 7.89. The molecule has 0 amide bonds. The van der Waals surface area contributed by atoms with Gasteiger partial charge < -0.3 is 9.47 Å². The summed E-state index contributed by atoms with van der Waals surface area (Å²) in [5.74, 6) is 0.905. The molecule has 1 aliphatic carbocycles. The van der Waals surface area contributed by atoms with Crippen LogP contribution >= 0.6 is 0 Å². The zero-order valence-corrected chi connectivity index (χ0v) is 19.1. The average molecular weight is 451 g/mol. The third-order valence-corrected chi connectivity index (χ3v) is 7.89. The smallest absolute Gasteiger partial charge is 0.346 e. The highest BCUT2D eigenvalue weighted by Gasteiger charge is 2.38. The first-order valence-corrected chi connectivity index (χ1v) is 12.1. The van der Waals surface area contributed by atoms with Crippen molar-refractivity contribution in [1.82, 2.24) is 18.7 Å². The summed E-state index contributed by atoms with van der Waals surface area (Å²) in [5.41, 5.74) is 0.724. The molecule has 2 heterocycles. The Morgan fingerprint density at radius 3 is 2.65 bits per heavy atom. The van der Waals surface area contributed by atoms with E-state index in [2.05, 4.69) is 5.10 Å². The largest absolute Gasteiger partial charge is 0.495 e. The molecule has 1 saturated heterocycles. The molecule has 2 aromatic rings. The first kappa shape index (κ1) is 22.0. The van der Waals surface area contributed by atoms with E-state index in [9.17, 15) is 13.2 Å². The van der Waals surface area contributed by atoms with Crippen molar-refractivity contribution in [2.24, 2.45) is 0 Å². The highest BCUT2D eigenvalue weighted by Crippen LogP contribution is 2.38. The second-order valence-electron chi connectivity index (χ2n) is 8.31. The molecule has 0 bridgehead atoms. The van der Waals surface area contributed by atoms with E-state index in [0.717, 1.165) is 24.8 Å². The van der Waals surface area contributed by atoms with Gasteiger partial charge >= 0.3 is 5.69 Å². The van der Waals surface area contributed by atoms with Crippen molar-refractivity contribution >= 4 is 10.0 Å². The van der Waals surface area contributed by atoms with Gasteiger partial charge in [0.05, 0.1) is 20.3 Å². The molecule has 31 heavy (non-hydrogen) atoms. The zero-order chi connectivity index (χ0) is 22.2. The second-order valence-corrected chi connectivity index (χ2v) is 10.2. The molecular formula is C21H30N4O5S. The summed E-state index contributed by atoms with van der Waals surface area (Å²) in [6.07, 6.45) is 3.42. The Labute approximate surface area is 182 Å². The van der Waals surface area contributed by atoms with Crippen molar-refractivity contribution < 1.29 is 17.9 Å². The van der Waals surface area contributed by atoms with Gasteiger partial charge in [0.1, 0.15) is 16.5 Å². The van der Waals surface area contributed by atoms with Crippen LogP contribution in [0, 0.1) is 6.92 Å². The minimum absolute atomic E-state index is 0.128. The van der Waals surface area contributed by atoms with Crippen LogP contribution < -0.4 is 10.4 Å².